The van der Waals surface area contributed by atoms with Crippen LogP contribution in [0.15, 0.2) is 24.7 Å². The van der Waals surface area contributed by atoms with Gasteiger partial charge in [0.05, 0.1) is 24.2 Å². The van der Waals surface area contributed by atoms with Crippen molar-refractivity contribution < 1.29 is 13.5 Å². The van der Waals surface area contributed by atoms with Gasteiger partial charge in [0.25, 0.3) is 5.92 Å². The van der Waals surface area contributed by atoms with Gasteiger partial charge in [-0.2, -0.15) is 10.2 Å². The average Bonchev–Trinajstić information content (AvgIpc) is 2.91. The number of halogens is 2. The number of fused-ring (bicyclic) bond motifs is 1. The molecule has 0 unspecified atom stereocenters. The van der Waals surface area contributed by atoms with Gasteiger partial charge in [0.2, 0.25) is 5.88 Å². The highest BCUT2D eigenvalue weighted by molar-refractivity contribution is 5.96. The number of hydrogen-bond acceptors (Lipinski definition) is 4. The Bertz CT molecular complexity index is 841. The number of methoxy groups -OCH3 is 1. The zero-order valence-corrected chi connectivity index (χ0v) is 11.8. The molecule has 1 fully saturated rings. The standard InChI is InChI=1S/C14H13F2N5O/c1-22-13-11-10(2-3-17-13)19-20-12(11)8-5-18-21(6-8)7-9-4-14(9,15)16/h2-3,5-6,9H,4,7H2,1H3,(H,19,20)/t9-/m0/s1. The first-order chi connectivity index (χ1) is 10.6. The van der Waals surface area contributed by atoms with Gasteiger partial charge in [0, 0.05) is 36.8 Å². The molecule has 0 radical (unpaired) electrons. The van der Waals surface area contributed by atoms with Gasteiger partial charge in [-0.05, 0) is 6.07 Å². The van der Waals surface area contributed by atoms with Crippen molar-refractivity contribution in [2.24, 2.45) is 5.92 Å². The van der Waals surface area contributed by atoms with E-state index in [1.807, 2.05) is 0 Å². The van der Waals surface area contributed by atoms with Gasteiger partial charge in [-0.25, -0.2) is 13.8 Å². The monoisotopic (exact) mass is 305 g/mol. The fourth-order valence-electron chi connectivity index (χ4n) is 2.58. The Kier molecular flexibility index (Phi) is 2.69. The number of nitrogens with one attached hydrogen (secondary N) is 1. The zero-order chi connectivity index (χ0) is 15.3. The molecule has 0 aliphatic heterocycles. The van der Waals surface area contributed by atoms with Gasteiger partial charge < -0.3 is 4.74 Å². The normalized spacial score (nSPS) is 19.5. The molecule has 1 saturated carbocycles. The molecule has 8 heteroatoms. The second-order valence-corrected chi connectivity index (χ2v) is 5.43. The molecule has 4 rings (SSSR count). The van der Waals surface area contributed by atoms with Crippen molar-refractivity contribution in [2.75, 3.05) is 7.11 Å². The quantitative estimate of drug-likeness (QED) is 0.804. The van der Waals surface area contributed by atoms with Crippen LogP contribution in [-0.4, -0.2) is 38.0 Å². The first-order valence-corrected chi connectivity index (χ1v) is 6.86. The third-order valence-corrected chi connectivity index (χ3v) is 3.90. The summed E-state index contributed by atoms with van der Waals surface area (Å²) >= 11 is 0. The first kappa shape index (κ1) is 13.2. The van der Waals surface area contributed by atoms with Crippen molar-refractivity contribution in [1.82, 2.24) is 25.0 Å². The molecule has 3 heterocycles. The SMILES string of the molecule is COc1nccc2[nH]nc(-c3cnn(C[C@@H]4CC4(F)F)c3)c12. The van der Waals surface area contributed by atoms with Crippen LogP contribution < -0.4 is 4.74 Å². The van der Waals surface area contributed by atoms with Gasteiger partial charge in [-0.15, -0.1) is 0 Å². The fraction of sp³-hybridized carbons (Fsp3) is 0.357. The summed E-state index contributed by atoms with van der Waals surface area (Å²) in [6, 6.07) is 1.80. The van der Waals surface area contributed by atoms with E-state index in [0.717, 1.165) is 16.5 Å². The number of aromatic amines is 1. The number of H-pyrrole nitrogens is 1. The molecule has 0 saturated heterocycles. The molecule has 0 aromatic carbocycles. The smallest absolute Gasteiger partial charge is 0.253 e. The number of ether oxygens (including phenoxy) is 1. The van der Waals surface area contributed by atoms with Crippen molar-refractivity contribution in [3.05, 3.63) is 24.7 Å². The van der Waals surface area contributed by atoms with Crippen LogP contribution >= 0.6 is 0 Å². The summed E-state index contributed by atoms with van der Waals surface area (Å²) < 4.78 is 32.8. The molecule has 6 nitrogen and oxygen atoms in total. The van der Waals surface area contributed by atoms with Crippen molar-refractivity contribution in [2.45, 2.75) is 18.9 Å². The van der Waals surface area contributed by atoms with Crippen molar-refractivity contribution in [3.8, 4) is 17.1 Å². The fourth-order valence-corrected chi connectivity index (χ4v) is 2.58. The summed E-state index contributed by atoms with van der Waals surface area (Å²) in [5, 5.41) is 12.1. The lowest BCUT2D eigenvalue weighted by Gasteiger charge is -2.01. The van der Waals surface area contributed by atoms with E-state index in [1.54, 1.807) is 24.7 Å². The molecule has 1 N–H and O–H groups in total. The van der Waals surface area contributed by atoms with E-state index in [1.165, 1.54) is 11.8 Å². The van der Waals surface area contributed by atoms with Crippen LogP contribution in [-0.2, 0) is 6.54 Å². The van der Waals surface area contributed by atoms with E-state index in [2.05, 4.69) is 20.3 Å². The van der Waals surface area contributed by atoms with E-state index in [0.29, 0.717) is 11.6 Å². The molecule has 22 heavy (non-hydrogen) atoms. The number of aromatic nitrogens is 5. The van der Waals surface area contributed by atoms with Crippen molar-refractivity contribution in [1.29, 1.82) is 0 Å². The third kappa shape index (κ3) is 2.02. The molecule has 1 atom stereocenters. The molecule has 1 aliphatic carbocycles. The predicted molar refractivity (Wildman–Crippen MR) is 74.7 cm³/mol. The third-order valence-electron chi connectivity index (χ3n) is 3.90. The molecular weight excluding hydrogens is 292 g/mol. The second kappa shape index (κ2) is 4.49. The minimum Gasteiger partial charge on any atom is -0.480 e. The van der Waals surface area contributed by atoms with Crippen LogP contribution in [0.25, 0.3) is 22.2 Å². The number of hydrogen-bond donors (Lipinski definition) is 1. The van der Waals surface area contributed by atoms with E-state index in [4.69, 9.17) is 4.74 Å². The Hall–Kier alpha value is -2.51. The van der Waals surface area contributed by atoms with Gasteiger partial charge in [0.1, 0.15) is 5.69 Å². The van der Waals surface area contributed by atoms with Gasteiger partial charge >= 0.3 is 0 Å². The summed E-state index contributed by atoms with van der Waals surface area (Å²) in [6.45, 7) is 0.213. The van der Waals surface area contributed by atoms with Gasteiger partial charge in [-0.1, -0.05) is 0 Å². The molecule has 114 valence electrons. The number of pyridine rings is 1. The minimum atomic E-state index is -2.54. The Labute approximate surface area is 124 Å². The molecule has 3 aromatic rings. The Morgan fingerprint density at radius 1 is 1.50 bits per heavy atom. The van der Waals surface area contributed by atoms with Crippen LogP contribution in [0, 0.1) is 5.92 Å². The summed E-state index contributed by atoms with van der Waals surface area (Å²) in [7, 11) is 1.54. The molecule has 1 aliphatic rings. The molecule has 3 aromatic heterocycles. The average molecular weight is 305 g/mol. The highest BCUT2D eigenvalue weighted by Crippen LogP contribution is 2.49. The maximum atomic E-state index is 13.0. The lowest BCUT2D eigenvalue weighted by molar-refractivity contribution is 0.0942. The minimum absolute atomic E-state index is 0.0642. The van der Waals surface area contributed by atoms with Crippen LogP contribution in [0.2, 0.25) is 0 Å². The van der Waals surface area contributed by atoms with Crippen LogP contribution in [0.5, 0.6) is 5.88 Å². The summed E-state index contributed by atoms with van der Waals surface area (Å²) in [4.78, 5) is 4.16. The van der Waals surface area contributed by atoms with E-state index >= 15 is 0 Å². The first-order valence-electron chi connectivity index (χ1n) is 6.86. The van der Waals surface area contributed by atoms with E-state index < -0.39 is 11.8 Å². The van der Waals surface area contributed by atoms with E-state index in [9.17, 15) is 8.78 Å². The van der Waals surface area contributed by atoms with Crippen molar-refractivity contribution in [3.63, 3.8) is 0 Å². The summed E-state index contributed by atoms with van der Waals surface area (Å²) in [5.74, 6) is -2.70. The van der Waals surface area contributed by atoms with Gasteiger partial charge in [0.15, 0.2) is 0 Å². The lowest BCUT2D eigenvalue weighted by Crippen LogP contribution is -2.05. The molecule has 0 amide bonds. The van der Waals surface area contributed by atoms with Crippen LogP contribution in [0.4, 0.5) is 8.78 Å². The Morgan fingerprint density at radius 3 is 3.05 bits per heavy atom. The highest BCUT2D eigenvalue weighted by Gasteiger charge is 2.56. The van der Waals surface area contributed by atoms with Crippen LogP contribution in [0.3, 0.4) is 0 Å². The molecule has 0 spiro atoms. The van der Waals surface area contributed by atoms with Gasteiger partial charge in [-0.3, -0.25) is 9.78 Å². The lowest BCUT2D eigenvalue weighted by atomic mass is 10.2. The zero-order valence-electron chi connectivity index (χ0n) is 11.8. The Morgan fingerprint density at radius 2 is 2.32 bits per heavy atom. The molecular formula is C14H13F2N5O. The molecule has 0 bridgehead atoms. The maximum Gasteiger partial charge on any atom is 0.253 e. The second-order valence-electron chi connectivity index (χ2n) is 5.43. The van der Waals surface area contributed by atoms with E-state index in [-0.39, 0.29) is 13.0 Å². The predicted octanol–water partition coefficient (Wildman–Crippen LogP) is 2.49. The summed E-state index contributed by atoms with van der Waals surface area (Å²) in [5.41, 5.74) is 2.18. The van der Waals surface area contributed by atoms with Crippen molar-refractivity contribution >= 4 is 10.9 Å². The number of alkyl halides is 2. The summed E-state index contributed by atoms with van der Waals surface area (Å²) in [6.07, 6.45) is 4.89. The number of rotatable bonds is 4. The largest absolute Gasteiger partial charge is 0.480 e. The van der Waals surface area contributed by atoms with Crippen LogP contribution in [0.1, 0.15) is 6.42 Å². The number of nitrogens with zero attached hydrogens (tertiary/aromatic N) is 4. The Balaban J connectivity index is 1.69. The highest BCUT2D eigenvalue weighted by atomic mass is 19.3. The maximum absolute atomic E-state index is 13.0. The topological polar surface area (TPSA) is 68.6 Å².